The lowest BCUT2D eigenvalue weighted by Gasteiger charge is -2.30. The maximum atomic E-state index is 8.48. The van der Waals surface area contributed by atoms with E-state index in [4.69, 9.17) is 31.2 Å². The van der Waals surface area contributed by atoms with Crippen molar-refractivity contribution < 1.29 is 0 Å². The summed E-state index contributed by atoms with van der Waals surface area (Å²) in [6.45, 7) is 1.93. The van der Waals surface area contributed by atoms with Crippen LogP contribution >= 0.6 is 0 Å². The molecular weight excluding hydrogens is 542 g/mol. The summed E-state index contributed by atoms with van der Waals surface area (Å²) in [5.41, 5.74) is 9.46. The summed E-state index contributed by atoms with van der Waals surface area (Å²) in [7, 11) is 0. The molecule has 4 aliphatic rings. The zero-order valence-corrected chi connectivity index (χ0v) is 24.6. The molecule has 4 aliphatic carbocycles. The van der Waals surface area contributed by atoms with E-state index in [1.807, 2.05) is 85.9 Å². The van der Waals surface area contributed by atoms with E-state index in [0.29, 0.717) is 40.7 Å². The quantitative estimate of drug-likeness (QED) is 0.293. The minimum atomic E-state index is 0.375. The highest BCUT2D eigenvalue weighted by molar-refractivity contribution is 6.52. The molecule has 0 saturated carbocycles. The van der Waals surface area contributed by atoms with Crippen LogP contribution in [0.2, 0.25) is 0 Å². The number of nitrogens with one attached hydrogen (secondary N) is 3. The van der Waals surface area contributed by atoms with Gasteiger partial charge < -0.3 is 10.3 Å². The third-order valence-corrected chi connectivity index (χ3v) is 7.58. The summed E-state index contributed by atoms with van der Waals surface area (Å²) < 4.78 is 0. The van der Waals surface area contributed by atoms with Crippen LogP contribution in [-0.2, 0) is 0 Å². The van der Waals surface area contributed by atoms with E-state index in [9.17, 15) is 0 Å². The molecule has 0 fully saturated rings. The van der Waals surface area contributed by atoms with Crippen LogP contribution in [0.25, 0.3) is 0 Å². The van der Waals surface area contributed by atoms with Crippen molar-refractivity contribution in [2.24, 2.45) is 15.0 Å². The largest absolute Gasteiger partial charge is 0.314 e. The number of aliphatic imine (C=N–C) groups is 3. The molecule has 0 spiro atoms. The molecule has 0 aromatic heterocycles. The molecule has 7 nitrogen and oxygen atoms in total. The Hall–Kier alpha value is -5.56. The minimum absolute atomic E-state index is 0.375. The lowest BCUT2D eigenvalue weighted by atomic mass is 10.0. The first-order chi connectivity index (χ1) is 21.4. The van der Waals surface area contributed by atoms with Crippen molar-refractivity contribution in [1.29, 1.82) is 16.2 Å². The molecule has 2 aromatic carbocycles. The van der Waals surface area contributed by atoms with Crippen molar-refractivity contribution in [1.82, 2.24) is 0 Å². The number of nitrogens with zero attached hydrogens (tertiary/aromatic N) is 4. The van der Waals surface area contributed by atoms with Gasteiger partial charge in [-0.2, -0.15) is 0 Å². The van der Waals surface area contributed by atoms with E-state index < -0.39 is 0 Å². The summed E-state index contributed by atoms with van der Waals surface area (Å²) in [4.78, 5) is 16.7. The molecule has 0 heterocycles. The lowest BCUT2D eigenvalue weighted by Crippen LogP contribution is -2.19. The maximum absolute atomic E-state index is 8.48. The molecule has 6 rings (SSSR count). The third-order valence-electron chi connectivity index (χ3n) is 7.58. The highest BCUT2D eigenvalue weighted by Crippen LogP contribution is 2.37. The van der Waals surface area contributed by atoms with Crippen LogP contribution in [0.1, 0.15) is 32.6 Å². The van der Waals surface area contributed by atoms with Crippen LogP contribution in [0.15, 0.2) is 147 Å². The van der Waals surface area contributed by atoms with Gasteiger partial charge in [0.25, 0.3) is 0 Å². The molecule has 3 N–H and O–H groups in total. The molecule has 0 radical (unpaired) electrons. The number of rotatable bonds is 6. The van der Waals surface area contributed by atoms with Crippen molar-refractivity contribution in [3.8, 4) is 0 Å². The van der Waals surface area contributed by atoms with E-state index in [-0.39, 0.29) is 0 Å². The van der Waals surface area contributed by atoms with Gasteiger partial charge in [-0.3, -0.25) is 10.8 Å². The predicted molar refractivity (Wildman–Crippen MR) is 185 cm³/mol. The predicted octanol–water partition coefficient (Wildman–Crippen LogP) is 9.02. The Morgan fingerprint density at radius 2 is 1.41 bits per heavy atom. The average molecular weight is 576 g/mol. The van der Waals surface area contributed by atoms with Crippen molar-refractivity contribution in [3.63, 3.8) is 0 Å². The standard InChI is InChI=1S/C37H33N7/c1-25-10-6-21-36(37(25)40)43-28-13-9-16-31(24-28)44(29-14-7-11-26(22-29)41-34-19-4-2-17-32(34)38)30-15-8-12-27(23-30)42-35-20-5-3-18-33(35)39/h2,4-8,10-15,17,19-24,38-40H,3,9,16,18H2,1H3/b38-32?,39-33?,40-37?,41-34-,42-35-,43-36-. The number of anilines is 2. The Morgan fingerprint density at radius 1 is 0.705 bits per heavy atom. The SMILES string of the molecule is CC1=CC=C/C(=N/C2=CCCC(N(c3cccc(/N=C4/C=CC=CC4=N)c3)c3cccc(/N=C4/C=CCCC4=N)c3)=C2)C1=N. The highest BCUT2D eigenvalue weighted by atomic mass is 15.2. The Kier molecular flexibility index (Phi) is 8.28. The average Bonchev–Trinajstić information content (AvgIpc) is 3.03. The zero-order valence-electron chi connectivity index (χ0n) is 24.6. The first-order valence-corrected chi connectivity index (χ1v) is 14.7. The Labute approximate surface area is 257 Å². The van der Waals surface area contributed by atoms with Gasteiger partial charge in [-0.25, -0.2) is 15.0 Å². The van der Waals surface area contributed by atoms with Gasteiger partial charge in [-0.05, 0) is 105 Å². The van der Waals surface area contributed by atoms with E-state index in [0.717, 1.165) is 59.0 Å². The van der Waals surface area contributed by atoms with Crippen LogP contribution < -0.4 is 4.90 Å². The highest BCUT2D eigenvalue weighted by Gasteiger charge is 2.20. The first-order valence-electron chi connectivity index (χ1n) is 14.7. The van der Waals surface area contributed by atoms with Gasteiger partial charge in [0.2, 0.25) is 0 Å². The fraction of sp³-hybridized carbons (Fsp3) is 0.135. The van der Waals surface area contributed by atoms with Gasteiger partial charge in [0.15, 0.2) is 0 Å². The Balaban J connectivity index is 1.43. The van der Waals surface area contributed by atoms with Gasteiger partial charge in [0, 0.05) is 17.1 Å². The molecule has 0 atom stereocenters. The number of hydrogen-bond donors (Lipinski definition) is 3. The second-order valence-electron chi connectivity index (χ2n) is 10.8. The molecular formula is C37H33N7. The minimum Gasteiger partial charge on any atom is -0.314 e. The normalized spacial score (nSPS) is 20.8. The van der Waals surface area contributed by atoms with Crippen LogP contribution in [0.4, 0.5) is 22.7 Å². The van der Waals surface area contributed by atoms with E-state index >= 15 is 0 Å². The summed E-state index contributed by atoms with van der Waals surface area (Å²) in [5.74, 6) is 0. The molecule has 0 amide bonds. The van der Waals surface area contributed by atoms with E-state index in [1.165, 1.54) is 0 Å². The molecule has 0 unspecified atom stereocenters. The van der Waals surface area contributed by atoms with Gasteiger partial charge in [-0.15, -0.1) is 0 Å². The summed E-state index contributed by atoms with van der Waals surface area (Å²) >= 11 is 0. The van der Waals surface area contributed by atoms with Gasteiger partial charge in [0.05, 0.1) is 51.3 Å². The lowest BCUT2D eigenvalue weighted by molar-refractivity contribution is 0.901. The van der Waals surface area contributed by atoms with Gasteiger partial charge in [0.1, 0.15) is 0 Å². The molecule has 2 aromatic rings. The van der Waals surface area contributed by atoms with Crippen molar-refractivity contribution >= 4 is 57.0 Å². The second-order valence-corrected chi connectivity index (χ2v) is 10.8. The summed E-state index contributed by atoms with van der Waals surface area (Å²) in [5, 5.41) is 25.1. The smallest absolute Gasteiger partial charge is 0.0888 e. The van der Waals surface area contributed by atoms with Crippen molar-refractivity contribution in [2.45, 2.75) is 32.6 Å². The second kappa shape index (κ2) is 12.8. The third kappa shape index (κ3) is 6.42. The molecule has 0 saturated heterocycles. The fourth-order valence-corrected chi connectivity index (χ4v) is 5.30. The van der Waals surface area contributed by atoms with Crippen LogP contribution in [0.5, 0.6) is 0 Å². The number of allylic oxidation sites excluding steroid dienone is 13. The van der Waals surface area contributed by atoms with Crippen LogP contribution in [0, 0.1) is 16.2 Å². The number of benzene rings is 2. The van der Waals surface area contributed by atoms with Crippen LogP contribution in [-0.4, -0.2) is 34.3 Å². The maximum Gasteiger partial charge on any atom is 0.0888 e. The Bertz CT molecular complexity index is 1820. The van der Waals surface area contributed by atoms with E-state index in [1.54, 1.807) is 6.08 Å². The molecule has 0 bridgehead atoms. The first kappa shape index (κ1) is 28.6. The van der Waals surface area contributed by atoms with Gasteiger partial charge >= 0.3 is 0 Å². The van der Waals surface area contributed by atoms with Crippen molar-refractivity contribution in [2.75, 3.05) is 4.90 Å². The van der Waals surface area contributed by atoms with Gasteiger partial charge in [-0.1, -0.05) is 48.6 Å². The monoisotopic (exact) mass is 575 g/mol. The summed E-state index contributed by atoms with van der Waals surface area (Å²) in [6.07, 6.45) is 24.4. The number of hydrogen-bond acceptors (Lipinski definition) is 7. The summed E-state index contributed by atoms with van der Waals surface area (Å²) in [6, 6.07) is 16.1. The molecule has 0 aliphatic heterocycles. The van der Waals surface area contributed by atoms with Crippen LogP contribution in [0.3, 0.4) is 0 Å². The fourth-order valence-electron chi connectivity index (χ4n) is 5.30. The van der Waals surface area contributed by atoms with Crippen molar-refractivity contribution in [3.05, 3.63) is 132 Å². The topological polar surface area (TPSA) is 112 Å². The molecule has 44 heavy (non-hydrogen) atoms. The van der Waals surface area contributed by atoms with E-state index in [2.05, 4.69) is 35.3 Å². The molecule has 216 valence electrons. The zero-order chi connectivity index (χ0) is 30.5. The molecule has 7 heteroatoms. The Morgan fingerprint density at radius 3 is 2.14 bits per heavy atom.